The molecule has 3 rings (SSSR count). The Hall–Kier alpha value is -1.55. The molecule has 4 nitrogen and oxygen atoms in total. The molecule has 2 heterocycles. The second kappa shape index (κ2) is 5.44. The minimum Gasteiger partial charge on any atom is -0.497 e. The van der Waals surface area contributed by atoms with E-state index in [-0.39, 0.29) is 23.9 Å². The summed E-state index contributed by atoms with van der Waals surface area (Å²) in [7, 11) is 3.19. The molecule has 2 saturated heterocycles. The van der Waals surface area contributed by atoms with Gasteiger partial charge in [-0.05, 0) is 43.9 Å². The van der Waals surface area contributed by atoms with Crippen LogP contribution in [0.15, 0.2) is 18.2 Å². The molecule has 0 aromatic heterocycles. The number of ether oxygens (including phenoxy) is 3. The van der Waals surface area contributed by atoms with E-state index in [1.807, 2.05) is 6.07 Å². The lowest BCUT2D eigenvalue weighted by Gasteiger charge is -2.27. The molecule has 2 fully saturated rings. The molecule has 4 heteroatoms. The van der Waals surface area contributed by atoms with Gasteiger partial charge in [0, 0.05) is 5.92 Å². The number of Topliss-reactive ketones (excluding diaryl/α,β-unsaturated/α-hetero) is 1. The molecular weight excluding hydrogens is 256 g/mol. The van der Waals surface area contributed by atoms with Crippen LogP contribution in [-0.2, 0) is 4.74 Å². The molecule has 0 radical (unpaired) electrons. The van der Waals surface area contributed by atoms with E-state index in [1.54, 1.807) is 26.4 Å². The zero-order chi connectivity index (χ0) is 14.1. The van der Waals surface area contributed by atoms with E-state index in [2.05, 4.69) is 0 Å². The van der Waals surface area contributed by atoms with Crippen molar-refractivity contribution < 1.29 is 19.0 Å². The molecule has 20 heavy (non-hydrogen) atoms. The van der Waals surface area contributed by atoms with Crippen molar-refractivity contribution in [1.29, 1.82) is 0 Å². The van der Waals surface area contributed by atoms with Gasteiger partial charge in [-0.2, -0.15) is 0 Å². The van der Waals surface area contributed by atoms with E-state index in [4.69, 9.17) is 14.2 Å². The minimum absolute atomic E-state index is 0.0438. The molecule has 0 amide bonds. The molecule has 2 unspecified atom stereocenters. The summed E-state index contributed by atoms with van der Waals surface area (Å²) < 4.78 is 16.3. The van der Waals surface area contributed by atoms with Crippen LogP contribution in [0.25, 0.3) is 0 Å². The fourth-order valence-electron chi connectivity index (χ4n) is 3.30. The Morgan fingerprint density at radius 2 is 1.85 bits per heavy atom. The summed E-state index contributed by atoms with van der Waals surface area (Å²) in [6.45, 7) is 0. The quantitative estimate of drug-likeness (QED) is 0.793. The molecule has 108 valence electrons. The van der Waals surface area contributed by atoms with Crippen LogP contribution in [0.1, 0.15) is 36.0 Å². The van der Waals surface area contributed by atoms with Crippen molar-refractivity contribution in [3.05, 3.63) is 23.8 Å². The Morgan fingerprint density at radius 1 is 1.15 bits per heavy atom. The number of methoxy groups -OCH3 is 2. The van der Waals surface area contributed by atoms with Crippen molar-refractivity contribution in [2.24, 2.45) is 5.92 Å². The van der Waals surface area contributed by atoms with E-state index in [1.165, 1.54) is 0 Å². The zero-order valence-corrected chi connectivity index (χ0v) is 11.9. The number of ketones is 1. The Labute approximate surface area is 119 Å². The topological polar surface area (TPSA) is 44.8 Å². The second-order valence-electron chi connectivity index (χ2n) is 5.56. The molecule has 0 aliphatic carbocycles. The van der Waals surface area contributed by atoms with E-state index in [0.29, 0.717) is 17.1 Å². The highest BCUT2D eigenvalue weighted by Crippen LogP contribution is 2.38. The van der Waals surface area contributed by atoms with Crippen molar-refractivity contribution in [2.75, 3.05) is 14.2 Å². The lowest BCUT2D eigenvalue weighted by Crippen LogP contribution is -2.30. The number of hydrogen-bond donors (Lipinski definition) is 0. The highest BCUT2D eigenvalue weighted by atomic mass is 16.5. The fourth-order valence-corrected chi connectivity index (χ4v) is 3.30. The Balaban J connectivity index is 1.86. The van der Waals surface area contributed by atoms with Gasteiger partial charge in [-0.1, -0.05) is 0 Å². The Morgan fingerprint density at radius 3 is 2.45 bits per heavy atom. The number of carbonyl (C=O) groups is 1. The van der Waals surface area contributed by atoms with Gasteiger partial charge in [-0.3, -0.25) is 4.79 Å². The fraction of sp³-hybridized carbons (Fsp3) is 0.562. The van der Waals surface area contributed by atoms with Crippen LogP contribution in [0.4, 0.5) is 0 Å². The van der Waals surface area contributed by atoms with Gasteiger partial charge in [-0.25, -0.2) is 0 Å². The van der Waals surface area contributed by atoms with Crippen LogP contribution >= 0.6 is 0 Å². The van der Waals surface area contributed by atoms with Gasteiger partial charge in [0.25, 0.3) is 0 Å². The molecule has 2 atom stereocenters. The normalized spacial score (nSPS) is 28.2. The summed E-state index contributed by atoms with van der Waals surface area (Å²) in [4.78, 5) is 12.8. The van der Waals surface area contributed by atoms with Gasteiger partial charge >= 0.3 is 0 Å². The van der Waals surface area contributed by atoms with E-state index in [9.17, 15) is 4.79 Å². The van der Waals surface area contributed by atoms with Gasteiger partial charge < -0.3 is 14.2 Å². The first-order valence-corrected chi connectivity index (χ1v) is 7.13. The van der Waals surface area contributed by atoms with Gasteiger partial charge in [0.15, 0.2) is 5.78 Å². The number of rotatable bonds is 4. The molecule has 2 aliphatic heterocycles. The van der Waals surface area contributed by atoms with Gasteiger partial charge in [-0.15, -0.1) is 0 Å². The Bertz CT molecular complexity index is 499. The summed E-state index contributed by atoms with van der Waals surface area (Å²) >= 11 is 0. The van der Waals surface area contributed by atoms with Crippen LogP contribution in [0.3, 0.4) is 0 Å². The van der Waals surface area contributed by atoms with Crippen LogP contribution < -0.4 is 9.47 Å². The summed E-state index contributed by atoms with van der Waals surface area (Å²) in [6, 6.07) is 5.38. The van der Waals surface area contributed by atoms with E-state index in [0.717, 1.165) is 25.7 Å². The summed E-state index contributed by atoms with van der Waals surface area (Å²) in [5.74, 6) is 1.50. The first kappa shape index (κ1) is 13.4. The lowest BCUT2D eigenvalue weighted by atomic mass is 9.87. The molecule has 0 N–H and O–H groups in total. The highest BCUT2D eigenvalue weighted by molar-refractivity contribution is 6.00. The van der Waals surface area contributed by atoms with Crippen molar-refractivity contribution >= 4 is 5.78 Å². The lowest BCUT2D eigenvalue weighted by molar-refractivity contribution is -0.0149. The average molecular weight is 276 g/mol. The molecular formula is C16H20O4. The number of carbonyl (C=O) groups excluding carboxylic acids is 1. The summed E-state index contributed by atoms with van der Waals surface area (Å²) in [5.41, 5.74) is 0.623. The van der Waals surface area contributed by atoms with Crippen LogP contribution in [0.5, 0.6) is 11.5 Å². The Kier molecular flexibility index (Phi) is 3.66. The largest absolute Gasteiger partial charge is 0.497 e. The van der Waals surface area contributed by atoms with Crippen molar-refractivity contribution in [3.8, 4) is 11.5 Å². The van der Waals surface area contributed by atoms with Gasteiger partial charge in [0.05, 0.1) is 32.0 Å². The van der Waals surface area contributed by atoms with Crippen LogP contribution in [0, 0.1) is 5.92 Å². The van der Waals surface area contributed by atoms with E-state index >= 15 is 0 Å². The predicted octanol–water partition coefficient (Wildman–Crippen LogP) is 2.84. The monoisotopic (exact) mass is 276 g/mol. The van der Waals surface area contributed by atoms with Gasteiger partial charge in [0.1, 0.15) is 11.5 Å². The summed E-state index contributed by atoms with van der Waals surface area (Å²) in [6.07, 6.45) is 4.36. The average Bonchev–Trinajstić information content (AvgIpc) is 2.84. The molecule has 2 bridgehead atoms. The molecule has 0 spiro atoms. The second-order valence-corrected chi connectivity index (χ2v) is 5.56. The SMILES string of the molecule is COc1ccc(OC)c(C(=O)C2CC3CCC(C2)O3)c1. The third kappa shape index (κ3) is 2.40. The first-order valence-electron chi connectivity index (χ1n) is 7.13. The van der Waals surface area contributed by atoms with Crippen molar-refractivity contribution in [2.45, 2.75) is 37.9 Å². The van der Waals surface area contributed by atoms with Crippen LogP contribution in [0.2, 0.25) is 0 Å². The number of hydrogen-bond acceptors (Lipinski definition) is 4. The third-order valence-electron chi connectivity index (χ3n) is 4.33. The first-order chi connectivity index (χ1) is 9.71. The molecule has 0 saturated carbocycles. The maximum atomic E-state index is 12.8. The maximum absolute atomic E-state index is 12.8. The van der Waals surface area contributed by atoms with Crippen molar-refractivity contribution in [1.82, 2.24) is 0 Å². The smallest absolute Gasteiger partial charge is 0.169 e. The predicted molar refractivity (Wildman–Crippen MR) is 74.5 cm³/mol. The van der Waals surface area contributed by atoms with Crippen molar-refractivity contribution in [3.63, 3.8) is 0 Å². The minimum atomic E-state index is 0.0438. The van der Waals surface area contributed by atoms with E-state index < -0.39 is 0 Å². The molecule has 1 aromatic carbocycles. The third-order valence-corrected chi connectivity index (χ3v) is 4.33. The van der Waals surface area contributed by atoms with Crippen LogP contribution in [-0.4, -0.2) is 32.2 Å². The van der Waals surface area contributed by atoms with Gasteiger partial charge in [0.2, 0.25) is 0 Å². The maximum Gasteiger partial charge on any atom is 0.169 e. The zero-order valence-electron chi connectivity index (χ0n) is 11.9. The molecule has 2 aliphatic rings. The number of benzene rings is 1. The number of fused-ring (bicyclic) bond motifs is 2. The molecule has 1 aromatic rings. The standard InChI is InChI=1S/C16H20O4/c1-18-11-5-6-15(19-2)14(9-11)16(17)10-7-12-3-4-13(8-10)20-12/h5-6,9-10,12-13H,3-4,7-8H2,1-2H3. The summed E-state index contributed by atoms with van der Waals surface area (Å²) in [5, 5.41) is 0. The highest BCUT2D eigenvalue weighted by Gasteiger charge is 2.38.